The first-order valence-corrected chi connectivity index (χ1v) is 16.6. The average molecular weight is 627 g/mol. The minimum absolute atomic E-state index is 0.0676. The number of pyridine rings is 1. The quantitative estimate of drug-likeness (QED) is 0.198. The Morgan fingerprint density at radius 2 is 1.57 bits per heavy atom. The summed E-state index contributed by atoms with van der Waals surface area (Å²) in [6.45, 7) is 8.37. The second-order valence-electron chi connectivity index (χ2n) is 14.2. The SMILES string of the molecule is Cc1ccc(-n2nc(C(C)(C)C)cc2NC(=O)Nc2ccc(CC3CC4CCC(C3)N4C(=O)c3nccc4ccccc34)cc2)cc1. The number of fused-ring (bicyclic) bond motifs is 3. The van der Waals surface area contributed by atoms with Crippen molar-refractivity contribution >= 4 is 34.2 Å². The third kappa shape index (κ3) is 6.37. The molecule has 7 rings (SSSR count). The highest BCUT2D eigenvalue weighted by Crippen LogP contribution is 2.41. The Bertz CT molecular complexity index is 1900. The van der Waals surface area contributed by atoms with Crippen molar-refractivity contribution in [3.8, 4) is 5.69 Å². The van der Waals surface area contributed by atoms with E-state index in [1.54, 1.807) is 10.9 Å². The lowest BCUT2D eigenvalue weighted by Gasteiger charge is -2.39. The average Bonchev–Trinajstić information content (AvgIpc) is 3.60. The monoisotopic (exact) mass is 626 g/mol. The second-order valence-corrected chi connectivity index (χ2v) is 14.2. The minimum Gasteiger partial charge on any atom is -0.331 e. The molecule has 2 fully saturated rings. The molecule has 2 aliphatic rings. The van der Waals surface area contributed by atoms with Gasteiger partial charge in [-0.15, -0.1) is 0 Å². The summed E-state index contributed by atoms with van der Waals surface area (Å²) in [4.78, 5) is 33.5. The number of nitrogens with zero attached hydrogens (tertiary/aromatic N) is 4. The second kappa shape index (κ2) is 12.3. The number of anilines is 2. The van der Waals surface area contributed by atoms with E-state index in [2.05, 4.69) is 53.4 Å². The summed E-state index contributed by atoms with van der Waals surface area (Å²) in [6.07, 6.45) is 6.81. The van der Waals surface area contributed by atoms with Crippen LogP contribution >= 0.6 is 0 Å². The first kappa shape index (κ1) is 30.7. The van der Waals surface area contributed by atoms with Crippen molar-refractivity contribution in [2.75, 3.05) is 10.6 Å². The van der Waals surface area contributed by atoms with Gasteiger partial charge in [0.2, 0.25) is 0 Å². The minimum atomic E-state index is -0.319. The third-order valence-electron chi connectivity index (χ3n) is 9.68. The number of carbonyl (C=O) groups excluding carboxylic acids is 2. The number of aryl methyl sites for hydroxylation is 1. The highest BCUT2D eigenvalue weighted by Gasteiger charge is 2.43. The van der Waals surface area contributed by atoms with Crippen LogP contribution in [-0.2, 0) is 11.8 Å². The van der Waals surface area contributed by atoms with Crippen LogP contribution in [0.2, 0.25) is 0 Å². The lowest BCUT2D eigenvalue weighted by atomic mass is 9.85. The number of hydrogen-bond donors (Lipinski definition) is 2. The molecule has 2 N–H and O–H groups in total. The van der Waals surface area contributed by atoms with Crippen LogP contribution in [0.4, 0.5) is 16.3 Å². The van der Waals surface area contributed by atoms with Gasteiger partial charge in [0.25, 0.3) is 5.91 Å². The van der Waals surface area contributed by atoms with Crippen LogP contribution in [0.25, 0.3) is 16.5 Å². The Balaban J connectivity index is 0.981. The predicted octanol–water partition coefficient (Wildman–Crippen LogP) is 8.30. The first-order chi connectivity index (χ1) is 22.6. The number of rotatable bonds is 6. The first-order valence-electron chi connectivity index (χ1n) is 16.6. The van der Waals surface area contributed by atoms with Crippen LogP contribution in [0, 0.1) is 12.8 Å². The number of aromatic nitrogens is 3. The number of hydrogen-bond acceptors (Lipinski definition) is 4. The highest BCUT2D eigenvalue weighted by atomic mass is 16.2. The summed E-state index contributed by atoms with van der Waals surface area (Å²) < 4.78 is 1.78. The molecular weight excluding hydrogens is 584 g/mol. The van der Waals surface area contributed by atoms with Gasteiger partial charge in [-0.25, -0.2) is 9.48 Å². The summed E-state index contributed by atoms with van der Waals surface area (Å²) in [5.74, 6) is 1.19. The van der Waals surface area contributed by atoms with Crippen molar-refractivity contribution in [1.29, 1.82) is 0 Å². The van der Waals surface area contributed by atoms with Crippen molar-refractivity contribution in [2.24, 2.45) is 5.92 Å². The van der Waals surface area contributed by atoms with E-state index in [1.165, 1.54) is 5.56 Å². The summed E-state index contributed by atoms with van der Waals surface area (Å²) in [5.41, 5.74) is 5.31. The maximum atomic E-state index is 13.7. The number of urea groups is 1. The zero-order valence-electron chi connectivity index (χ0n) is 27.5. The van der Waals surface area contributed by atoms with E-state index < -0.39 is 0 Å². The molecule has 2 unspecified atom stereocenters. The van der Waals surface area contributed by atoms with Crippen LogP contribution in [0.15, 0.2) is 91.1 Å². The third-order valence-corrected chi connectivity index (χ3v) is 9.68. The fourth-order valence-electron chi connectivity index (χ4n) is 7.26. The van der Waals surface area contributed by atoms with E-state index in [0.29, 0.717) is 17.4 Å². The zero-order valence-corrected chi connectivity index (χ0v) is 27.5. The normalized spacial score (nSPS) is 19.1. The standard InChI is InChI=1S/C39H42N6O2/c1-25-9-15-30(16-10-25)45-35(24-34(43-45)39(2,3)4)42-38(47)41-29-13-11-26(12-14-29)21-27-22-31-17-18-32(23-27)44(31)37(46)36-33-8-6-5-7-28(33)19-20-40-36/h5-16,19-20,24,27,31-32H,17-18,21-23H2,1-4H3,(H2,41,42,47). The molecule has 2 saturated heterocycles. The molecule has 3 aromatic carbocycles. The largest absolute Gasteiger partial charge is 0.331 e. The molecule has 0 radical (unpaired) electrons. The van der Waals surface area contributed by atoms with Gasteiger partial charge in [-0.05, 0) is 86.2 Å². The van der Waals surface area contributed by atoms with Gasteiger partial charge in [-0.2, -0.15) is 5.10 Å². The Kier molecular flexibility index (Phi) is 8.04. The Labute approximate surface area is 276 Å². The van der Waals surface area contributed by atoms with Crippen molar-refractivity contribution in [3.63, 3.8) is 0 Å². The van der Waals surface area contributed by atoms with Crippen LogP contribution in [0.5, 0.6) is 0 Å². The smallest absolute Gasteiger partial charge is 0.324 e. The van der Waals surface area contributed by atoms with Gasteiger partial charge in [0.15, 0.2) is 0 Å². The number of nitrogens with one attached hydrogen (secondary N) is 2. The van der Waals surface area contributed by atoms with Crippen LogP contribution in [0.1, 0.15) is 73.8 Å². The molecule has 4 heterocycles. The van der Waals surface area contributed by atoms with Crippen molar-refractivity contribution in [2.45, 2.75) is 77.3 Å². The predicted molar refractivity (Wildman–Crippen MR) is 187 cm³/mol. The van der Waals surface area contributed by atoms with E-state index in [0.717, 1.165) is 65.5 Å². The molecule has 2 bridgehead atoms. The maximum absolute atomic E-state index is 13.7. The zero-order chi connectivity index (χ0) is 32.7. The highest BCUT2D eigenvalue weighted by molar-refractivity contribution is 6.05. The molecule has 0 saturated carbocycles. The maximum Gasteiger partial charge on any atom is 0.324 e. The lowest BCUT2D eigenvalue weighted by molar-refractivity contribution is 0.0521. The van der Waals surface area contributed by atoms with Gasteiger partial charge in [-0.1, -0.05) is 74.9 Å². The number of benzene rings is 3. The van der Waals surface area contributed by atoms with Gasteiger partial charge in [0.05, 0.1) is 11.4 Å². The van der Waals surface area contributed by atoms with Gasteiger partial charge >= 0.3 is 6.03 Å². The van der Waals surface area contributed by atoms with Crippen LogP contribution in [0.3, 0.4) is 0 Å². The number of carbonyl (C=O) groups is 2. The molecule has 8 nitrogen and oxygen atoms in total. The lowest BCUT2D eigenvalue weighted by Crippen LogP contribution is -2.47. The van der Waals surface area contributed by atoms with Crippen LogP contribution < -0.4 is 10.6 Å². The molecule has 240 valence electrons. The summed E-state index contributed by atoms with van der Waals surface area (Å²) >= 11 is 0. The van der Waals surface area contributed by atoms with E-state index in [4.69, 9.17) is 5.10 Å². The molecular formula is C39H42N6O2. The topological polar surface area (TPSA) is 92.2 Å². The fourth-order valence-corrected chi connectivity index (χ4v) is 7.26. The molecule has 3 amide bonds. The molecule has 0 spiro atoms. The van der Waals surface area contributed by atoms with E-state index >= 15 is 0 Å². The van der Waals surface area contributed by atoms with E-state index in [9.17, 15) is 9.59 Å². The van der Waals surface area contributed by atoms with Gasteiger partial charge in [-0.3, -0.25) is 15.1 Å². The molecule has 2 aromatic heterocycles. The summed E-state index contributed by atoms with van der Waals surface area (Å²) in [6, 6.07) is 28.3. The number of amides is 3. The van der Waals surface area contributed by atoms with Gasteiger partial charge < -0.3 is 10.2 Å². The Hall–Kier alpha value is -4.98. The van der Waals surface area contributed by atoms with Crippen molar-refractivity contribution in [3.05, 3.63) is 114 Å². The van der Waals surface area contributed by atoms with Gasteiger partial charge in [0, 0.05) is 40.8 Å². The molecule has 0 aliphatic carbocycles. The van der Waals surface area contributed by atoms with Gasteiger partial charge in [0.1, 0.15) is 11.5 Å². The van der Waals surface area contributed by atoms with Crippen LogP contribution in [-0.4, -0.2) is 43.7 Å². The summed E-state index contributed by atoms with van der Waals surface area (Å²) in [5, 5.41) is 12.8. The fraction of sp³-hybridized carbons (Fsp3) is 0.333. The Morgan fingerprint density at radius 3 is 2.28 bits per heavy atom. The molecule has 5 aromatic rings. The molecule has 47 heavy (non-hydrogen) atoms. The summed E-state index contributed by atoms with van der Waals surface area (Å²) in [7, 11) is 0. The molecule has 2 aliphatic heterocycles. The van der Waals surface area contributed by atoms with Crippen molar-refractivity contribution < 1.29 is 9.59 Å². The Morgan fingerprint density at radius 1 is 0.872 bits per heavy atom. The number of piperidine rings is 1. The molecule has 8 heteroatoms. The van der Waals surface area contributed by atoms with E-state index in [-0.39, 0.29) is 29.4 Å². The van der Waals surface area contributed by atoms with E-state index in [1.807, 2.05) is 79.7 Å². The molecule has 2 atom stereocenters. The van der Waals surface area contributed by atoms with Crippen molar-refractivity contribution in [1.82, 2.24) is 19.7 Å².